The van der Waals surface area contributed by atoms with Crippen LogP contribution in [0.3, 0.4) is 0 Å². The summed E-state index contributed by atoms with van der Waals surface area (Å²) in [5, 5.41) is 0. The Morgan fingerprint density at radius 1 is 1.17 bits per heavy atom. The van der Waals surface area contributed by atoms with Crippen LogP contribution in [0, 0.1) is 5.82 Å². The number of rotatable bonds is 5. The van der Waals surface area contributed by atoms with Crippen LogP contribution >= 0.6 is 15.9 Å². The third-order valence-corrected chi connectivity index (χ3v) is 3.79. The van der Waals surface area contributed by atoms with Gasteiger partial charge >= 0.3 is 5.97 Å². The predicted molar refractivity (Wildman–Crippen MR) is 93.4 cm³/mol. The van der Waals surface area contributed by atoms with Crippen molar-refractivity contribution in [2.45, 2.75) is 19.9 Å². The highest BCUT2D eigenvalue weighted by atomic mass is 79.9. The molecule has 2 aromatic rings. The fourth-order valence-corrected chi connectivity index (χ4v) is 2.58. The minimum atomic E-state index is -0.870. The molecular formula is C18H17BrFNO3. The van der Waals surface area contributed by atoms with Gasteiger partial charge in [0.2, 0.25) is 0 Å². The van der Waals surface area contributed by atoms with Crippen molar-refractivity contribution in [3.63, 3.8) is 0 Å². The molecule has 6 heteroatoms. The molecule has 0 atom stereocenters. The van der Waals surface area contributed by atoms with Crippen molar-refractivity contribution in [2.24, 2.45) is 0 Å². The quantitative estimate of drug-likeness (QED) is 0.715. The minimum Gasteiger partial charge on any atom is -0.452 e. The highest BCUT2D eigenvalue weighted by Gasteiger charge is 2.21. The molecule has 1 amide bonds. The predicted octanol–water partition coefficient (Wildman–Crippen LogP) is 4.19. The summed E-state index contributed by atoms with van der Waals surface area (Å²) < 4.78 is 19.2. The lowest BCUT2D eigenvalue weighted by molar-refractivity contribution is -0.122. The molecule has 0 bridgehead atoms. The number of halogens is 2. The SMILES string of the molecule is CC(C)N(C(=O)COC(=O)c1ccc(Br)cc1F)c1ccccc1. The fraction of sp³-hybridized carbons (Fsp3) is 0.222. The molecule has 4 nitrogen and oxygen atoms in total. The molecule has 126 valence electrons. The van der Waals surface area contributed by atoms with Crippen LogP contribution in [0.4, 0.5) is 10.1 Å². The lowest BCUT2D eigenvalue weighted by Gasteiger charge is -2.26. The van der Waals surface area contributed by atoms with Gasteiger partial charge in [0.05, 0.1) is 5.56 Å². The highest BCUT2D eigenvalue weighted by molar-refractivity contribution is 9.10. The Labute approximate surface area is 148 Å². The van der Waals surface area contributed by atoms with Crippen molar-refractivity contribution in [1.82, 2.24) is 0 Å². The molecule has 0 N–H and O–H groups in total. The molecule has 0 aliphatic carbocycles. The molecule has 0 aliphatic heterocycles. The van der Waals surface area contributed by atoms with E-state index in [1.165, 1.54) is 23.1 Å². The van der Waals surface area contributed by atoms with Gasteiger partial charge in [0.1, 0.15) is 5.82 Å². The number of hydrogen-bond acceptors (Lipinski definition) is 3. The molecular weight excluding hydrogens is 377 g/mol. The Balaban J connectivity index is 2.07. The molecule has 0 radical (unpaired) electrons. The van der Waals surface area contributed by atoms with Gasteiger partial charge in [-0.05, 0) is 44.2 Å². The number of ether oxygens (including phenoxy) is 1. The van der Waals surface area contributed by atoms with Crippen LogP contribution in [-0.2, 0) is 9.53 Å². The van der Waals surface area contributed by atoms with Crippen LogP contribution in [0.25, 0.3) is 0 Å². The van der Waals surface area contributed by atoms with Gasteiger partial charge in [-0.2, -0.15) is 0 Å². The topological polar surface area (TPSA) is 46.6 Å². The summed E-state index contributed by atoms with van der Waals surface area (Å²) in [6.45, 7) is 3.27. The van der Waals surface area contributed by atoms with E-state index in [-0.39, 0.29) is 17.5 Å². The second-order valence-corrected chi connectivity index (χ2v) is 6.31. The largest absolute Gasteiger partial charge is 0.452 e. The number of carbonyl (C=O) groups excluding carboxylic acids is 2. The first-order valence-electron chi connectivity index (χ1n) is 7.39. The van der Waals surface area contributed by atoms with Gasteiger partial charge < -0.3 is 9.64 Å². The standard InChI is InChI=1S/C18H17BrFNO3/c1-12(2)21(14-6-4-3-5-7-14)17(22)11-24-18(23)15-9-8-13(19)10-16(15)20/h3-10,12H,11H2,1-2H3. The number of para-hydroxylation sites is 1. The number of carbonyl (C=O) groups is 2. The summed E-state index contributed by atoms with van der Waals surface area (Å²) in [4.78, 5) is 25.9. The van der Waals surface area contributed by atoms with E-state index in [2.05, 4.69) is 15.9 Å². The molecule has 0 aromatic heterocycles. The van der Waals surface area contributed by atoms with E-state index < -0.39 is 18.4 Å². The van der Waals surface area contributed by atoms with Crippen LogP contribution in [0.5, 0.6) is 0 Å². The lowest BCUT2D eigenvalue weighted by Crippen LogP contribution is -2.39. The van der Waals surface area contributed by atoms with Crippen molar-refractivity contribution < 1.29 is 18.7 Å². The van der Waals surface area contributed by atoms with E-state index >= 15 is 0 Å². The van der Waals surface area contributed by atoms with E-state index in [4.69, 9.17) is 4.74 Å². The number of benzene rings is 2. The normalized spacial score (nSPS) is 10.5. The molecule has 0 fully saturated rings. The number of hydrogen-bond donors (Lipinski definition) is 0. The Morgan fingerprint density at radius 3 is 2.42 bits per heavy atom. The maximum absolute atomic E-state index is 13.8. The van der Waals surface area contributed by atoms with Gasteiger partial charge in [-0.25, -0.2) is 9.18 Å². The van der Waals surface area contributed by atoms with E-state index in [0.29, 0.717) is 10.2 Å². The Hall–Kier alpha value is -2.21. The van der Waals surface area contributed by atoms with E-state index in [0.717, 1.165) is 0 Å². The average Bonchev–Trinajstić information content (AvgIpc) is 2.53. The van der Waals surface area contributed by atoms with Crippen molar-refractivity contribution in [3.8, 4) is 0 Å². The number of esters is 1. The third kappa shape index (κ3) is 4.41. The number of anilines is 1. The van der Waals surface area contributed by atoms with Crippen LogP contribution < -0.4 is 4.90 Å². The fourth-order valence-electron chi connectivity index (χ4n) is 2.25. The van der Waals surface area contributed by atoms with Crippen molar-refractivity contribution >= 4 is 33.5 Å². The Bertz CT molecular complexity index is 734. The molecule has 0 aliphatic rings. The summed E-state index contributed by atoms with van der Waals surface area (Å²) in [5.41, 5.74) is 0.505. The summed E-state index contributed by atoms with van der Waals surface area (Å²) in [6, 6.07) is 13.0. The first-order chi connectivity index (χ1) is 11.4. The van der Waals surface area contributed by atoms with E-state index in [1.54, 1.807) is 12.1 Å². The maximum atomic E-state index is 13.8. The minimum absolute atomic E-state index is 0.108. The maximum Gasteiger partial charge on any atom is 0.341 e. The smallest absolute Gasteiger partial charge is 0.341 e. The monoisotopic (exact) mass is 393 g/mol. The van der Waals surface area contributed by atoms with Crippen molar-refractivity contribution in [1.29, 1.82) is 0 Å². The average molecular weight is 394 g/mol. The molecule has 0 heterocycles. The van der Waals surface area contributed by atoms with Crippen LogP contribution in [-0.4, -0.2) is 24.5 Å². The zero-order valence-corrected chi connectivity index (χ0v) is 14.9. The Kier molecular flexibility index (Phi) is 6.09. The molecule has 0 unspecified atom stereocenters. The van der Waals surface area contributed by atoms with Gasteiger partial charge in [0.15, 0.2) is 6.61 Å². The summed E-state index contributed by atoms with van der Waals surface area (Å²) in [7, 11) is 0. The van der Waals surface area contributed by atoms with E-state index in [1.807, 2.05) is 32.0 Å². The number of amides is 1. The van der Waals surface area contributed by atoms with E-state index in [9.17, 15) is 14.0 Å². The van der Waals surface area contributed by atoms with Crippen LogP contribution in [0.2, 0.25) is 0 Å². The van der Waals surface area contributed by atoms with Gasteiger partial charge in [0, 0.05) is 16.2 Å². The molecule has 0 saturated heterocycles. The third-order valence-electron chi connectivity index (χ3n) is 3.30. The summed E-state index contributed by atoms with van der Waals surface area (Å²) in [6.07, 6.45) is 0. The van der Waals surface area contributed by atoms with Crippen LogP contribution in [0.15, 0.2) is 53.0 Å². The van der Waals surface area contributed by atoms with Crippen molar-refractivity contribution in [3.05, 3.63) is 64.4 Å². The molecule has 2 rings (SSSR count). The molecule has 24 heavy (non-hydrogen) atoms. The molecule has 0 saturated carbocycles. The highest BCUT2D eigenvalue weighted by Crippen LogP contribution is 2.18. The molecule has 0 spiro atoms. The lowest BCUT2D eigenvalue weighted by atomic mass is 10.2. The van der Waals surface area contributed by atoms with Gasteiger partial charge in [-0.15, -0.1) is 0 Å². The zero-order valence-electron chi connectivity index (χ0n) is 13.3. The second-order valence-electron chi connectivity index (χ2n) is 5.39. The van der Waals surface area contributed by atoms with Gasteiger partial charge in [0.25, 0.3) is 5.91 Å². The van der Waals surface area contributed by atoms with Crippen molar-refractivity contribution in [2.75, 3.05) is 11.5 Å². The first-order valence-corrected chi connectivity index (χ1v) is 8.18. The Morgan fingerprint density at radius 2 is 1.83 bits per heavy atom. The van der Waals surface area contributed by atoms with Gasteiger partial charge in [-0.1, -0.05) is 34.1 Å². The van der Waals surface area contributed by atoms with Gasteiger partial charge in [-0.3, -0.25) is 4.79 Å². The summed E-state index contributed by atoms with van der Waals surface area (Å²) in [5.74, 6) is -1.95. The molecule has 2 aromatic carbocycles. The zero-order chi connectivity index (χ0) is 17.7. The summed E-state index contributed by atoms with van der Waals surface area (Å²) >= 11 is 3.12. The number of nitrogens with zero attached hydrogens (tertiary/aromatic N) is 1. The first kappa shape index (κ1) is 18.1. The van der Waals surface area contributed by atoms with Crippen LogP contribution in [0.1, 0.15) is 24.2 Å². The second kappa shape index (κ2) is 8.06.